The summed E-state index contributed by atoms with van der Waals surface area (Å²) < 4.78 is 12.6. The molecule has 0 spiro atoms. The molecule has 1 aromatic heterocycles. The van der Waals surface area contributed by atoms with Crippen LogP contribution in [0.3, 0.4) is 0 Å². The molecule has 41 heavy (non-hydrogen) atoms. The predicted octanol–water partition coefficient (Wildman–Crippen LogP) is 6.05. The number of aromatic nitrogens is 4. The van der Waals surface area contributed by atoms with Gasteiger partial charge in [-0.1, -0.05) is 108 Å². The van der Waals surface area contributed by atoms with Crippen LogP contribution in [0.4, 0.5) is 5.69 Å². The van der Waals surface area contributed by atoms with Crippen molar-refractivity contribution in [3.8, 4) is 5.69 Å². The Morgan fingerprint density at radius 2 is 1.68 bits per heavy atom. The highest BCUT2D eigenvalue weighted by molar-refractivity contribution is 7.99. The number of para-hydroxylation sites is 1. The van der Waals surface area contributed by atoms with Gasteiger partial charge in [0.1, 0.15) is 0 Å². The van der Waals surface area contributed by atoms with Crippen molar-refractivity contribution in [2.24, 2.45) is 5.92 Å². The standard InChI is InChI=1S/C28H26Cl3N5O4S/c1-17-23(16-41-27-33-34-35-36(27)22-5-3-2-4-6-22)39-25(40-24(17)19-9-7-18(15-37)8-10-19)20-11-13-21(14-12-20)32-26(38)28(29,30)31/h2-14,17,23-25,37H,15-16H2,1H3,(H,32,38)/t17-,23+,24+,25+/m0/s1. The van der Waals surface area contributed by atoms with Crippen molar-refractivity contribution in [2.45, 2.75) is 41.0 Å². The molecule has 3 aromatic carbocycles. The number of benzene rings is 3. The first kappa shape index (κ1) is 29.8. The topological polar surface area (TPSA) is 111 Å². The van der Waals surface area contributed by atoms with Crippen molar-refractivity contribution in [1.29, 1.82) is 0 Å². The Morgan fingerprint density at radius 3 is 2.34 bits per heavy atom. The van der Waals surface area contributed by atoms with Crippen LogP contribution in [-0.2, 0) is 20.9 Å². The lowest BCUT2D eigenvalue weighted by Gasteiger charge is -2.41. The summed E-state index contributed by atoms with van der Waals surface area (Å²) in [7, 11) is 0. The van der Waals surface area contributed by atoms with E-state index in [-0.39, 0.29) is 24.7 Å². The maximum Gasteiger partial charge on any atom is 0.276 e. The third-order valence-electron chi connectivity index (χ3n) is 6.64. The number of aliphatic hydroxyl groups is 1. The molecule has 1 saturated heterocycles. The molecule has 1 amide bonds. The number of carbonyl (C=O) groups excluding carboxylic acids is 1. The highest BCUT2D eigenvalue weighted by Gasteiger charge is 2.39. The second-order valence-corrected chi connectivity index (χ2v) is 12.7. The molecule has 1 aliphatic heterocycles. The van der Waals surface area contributed by atoms with Crippen LogP contribution in [0.5, 0.6) is 0 Å². The van der Waals surface area contributed by atoms with E-state index in [1.807, 2.05) is 54.6 Å². The van der Waals surface area contributed by atoms with Crippen molar-refractivity contribution < 1.29 is 19.4 Å². The van der Waals surface area contributed by atoms with Gasteiger partial charge in [-0.05, 0) is 45.8 Å². The minimum absolute atomic E-state index is 0.0253. The number of nitrogens with zero attached hydrogens (tertiary/aromatic N) is 4. The van der Waals surface area contributed by atoms with Crippen molar-refractivity contribution in [2.75, 3.05) is 11.1 Å². The number of amides is 1. The fourth-order valence-corrected chi connectivity index (χ4v) is 5.59. The van der Waals surface area contributed by atoms with Gasteiger partial charge in [-0.15, -0.1) is 5.10 Å². The number of nitrogens with one attached hydrogen (secondary N) is 1. The normalized spacial score (nSPS) is 21.0. The monoisotopic (exact) mass is 633 g/mol. The van der Waals surface area contributed by atoms with Crippen molar-refractivity contribution in [3.05, 3.63) is 95.6 Å². The number of hydrogen-bond donors (Lipinski definition) is 2. The van der Waals surface area contributed by atoms with Gasteiger partial charge in [0.25, 0.3) is 9.70 Å². The number of ether oxygens (including phenoxy) is 2. The molecule has 0 bridgehead atoms. The molecule has 0 radical (unpaired) electrons. The molecule has 0 saturated carbocycles. The van der Waals surface area contributed by atoms with Gasteiger partial charge in [0.05, 0.1) is 24.5 Å². The molecule has 214 valence electrons. The second-order valence-electron chi connectivity index (χ2n) is 9.42. The molecule has 4 aromatic rings. The van der Waals surface area contributed by atoms with Crippen LogP contribution in [0.15, 0.2) is 84.0 Å². The summed E-state index contributed by atoms with van der Waals surface area (Å²) in [6.45, 7) is 2.05. The van der Waals surface area contributed by atoms with Gasteiger partial charge in [0, 0.05) is 22.9 Å². The van der Waals surface area contributed by atoms with Gasteiger partial charge in [-0.25, -0.2) is 0 Å². The quantitative estimate of drug-likeness (QED) is 0.178. The van der Waals surface area contributed by atoms with Crippen LogP contribution >= 0.6 is 46.6 Å². The summed E-state index contributed by atoms with van der Waals surface area (Å²) in [5.74, 6) is -0.213. The molecule has 0 aliphatic carbocycles. The largest absolute Gasteiger partial charge is 0.392 e. The Labute approximate surface area is 256 Å². The Morgan fingerprint density at radius 1 is 1.00 bits per heavy atom. The number of hydrogen-bond acceptors (Lipinski definition) is 8. The molecule has 4 atom stereocenters. The van der Waals surface area contributed by atoms with Gasteiger partial charge >= 0.3 is 0 Å². The zero-order valence-electron chi connectivity index (χ0n) is 21.7. The molecule has 5 rings (SSSR count). The Bertz CT molecular complexity index is 1450. The molecule has 1 aliphatic rings. The van der Waals surface area contributed by atoms with E-state index in [0.717, 1.165) is 22.4 Å². The summed E-state index contributed by atoms with van der Waals surface area (Å²) in [6.07, 6.45) is -1.21. The summed E-state index contributed by atoms with van der Waals surface area (Å²) in [5, 5.41) is 24.9. The van der Waals surface area contributed by atoms with Crippen LogP contribution in [0, 0.1) is 5.92 Å². The van der Waals surface area contributed by atoms with Crippen LogP contribution in [0.25, 0.3) is 5.69 Å². The second kappa shape index (κ2) is 13.1. The summed E-state index contributed by atoms with van der Waals surface area (Å²) in [5.41, 5.74) is 3.87. The summed E-state index contributed by atoms with van der Waals surface area (Å²) in [6, 6.07) is 24.3. The maximum absolute atomic E-state index is 12.0. The van der Waals surface area contributed by atoms with E-state index in [0.29, 0.717) is 16.6 Å². The summed E-state index contributed by atoms with van der Waals surface area (Å²) in [4.78, 5) is 12.0. The van der Waals surface area contributed by atoms with E-state index >= 15 is 0 Å². The van der Waals surface area contributed by atoms with Crippen LogP contribution in [0.1, 0.15) is 36.0 Å². The third-order valence-corrected chi connectivity index (χ3v) is 8.16. The number of halogens is 3. The zero-order chi connectivity index (χ0) is 29.0. The molecule has 2 N–H and O–H groups in total. The fourth-order valence-electron chi connectivity index (χ4n) is 4.39. The van der Waals surface area contributed by atoms with E-state index in [4.69, 9.17) is 44.3 Å². The van der Waals surface area contributed by atoms with Gasteiger partial charge in [0.15, 0.2) is 6.29 Å². The SMILES string of the molecule is C[C@H]1[C@@H](CSc2nnnn2-c2ccccc2)O[C@@H](c2ccc(NC(=O)C(Cl)(Cl)Cl)cc2)O[C@H]1c1ccc(CO)cc1. The molecular formula is C28H26Cl3N5O4S. The third kappa shape index (κ3) is 7.21. The van der Waals surface area contributed by atoms with E-state index in [1.54, 1.807) is 28.9 Å². The minimum Gasteiger partial charge on any atom is -0.392 e. The molecule has 0 unspecified atom stereocenters. The van der Waals surface area contributed by atoms with Crippen LogP contribution < -0.4 is 5.32 Å². The minimum atomic E-state index is -2.08. The number of rotatable bonds is 8. The lowest BCUT2D eigenvalue weighted by molar-refractivity contribution is -0.268. The smallest absolute Gasteiger partial charge is 0.276 e. The molecule has 13 heteroatoms. The Balaban J connectivity index is 1.37. The first-order valence-electron chi connectivity index (χ1n) is 12.7. The van der Waals surface area contributed by atoms with Crippen molar-refractivity contribution in [1.82, 2.24) is 20.2 Å². The summed E-state index contributed by atoms with van der Waals surface area (Å²) >= 11 is 18.5. The van der Waals surface area contributed by atoms with E-state index < -0.39 is 16.0 Å². The molecule has 2 heterocycles. The Kier molecular flexibility index (Phi) is 9.50. The average Bonchev–Trinajstić information content (AvgIpc) is 3.46. The number of aliphatic hydroxyl groups excluding tert-OH is 1. The fraction of sp³-hybridized carbons (Fsp3) is 0.286. The van der Waals surface area contributed by atoms with E-state index in [2.05, 4.69) is 27.8 Å². The number of carbonyl (C=O) groups is 1. The maximum atomic E-state index is 12.0. The molecule has 1 fully saturated rings. The Hall–Kier alpha value is -2.70. The number of thioether (sulfide) groups is 1. The van der Waals surface area contributed by atoms with Crippen LogP contribution in [-0.4, -0.2) is 46.9 Å². The zero-order valence-corrected chi connectivity index (χ0v) is 24.8. The highest BCUT2D eigenvalue weighted by atomic mass is 35.6. The van der Waals surface area contributed by atoms with E-state index in [1.165, 1.54) is 11.8 Å². The predicted molar refractivity (Wildman–Crippen MR) is 158 cm³/mol. The molecular weight excluding hydrogens is 609 g/mol. The number of alkyl halides is 3. The highest BCUT2D eigenvalue weighted by Crippen LogP contribution is 2.43. The van der Waals surface area contributed by atoms with Crippen molar-refractivity contribution in [3.63, 3.8) is 0 Å². The van der Waals surface area contributed by atoms with Gasteiger partial charge in [0.2, 0.25) is 5.16 Å². The lowest BCUT2D eigenvalue weighted by atomic mass is 9.91. The van der Waals surface area contributed by atoms with Gasteiger partial charge < -0.3 is 19.9 Å². The first-order chi connectivity index (χ1) is 19.7. The molecule has 9 nitrogen and oxygen atoms in total. The average molecular weight is 635 g/mol. The van der Waals surface area contributed by atoms with Crippen molar-refractivity contribution >= 4 is 58.2 Å². The van der Waals surface area contributed by atoms with Gasteiger partial charge in [-0.3, -0.25) is 4.79 Å². The number of anilines is 1. The first-order valence-corrected chi connectivity index (χ1v) is 14.8. The van der Waals surface area contributed by atoms with E-state index in [9.17, 15) is 9.90 Å². The van der Waals surface area contributed by atoms with Crippen LogP contribution in [0.2, 0.25) is 0 Å². The lowest BCUT2D eigenvalue weighted by Crippen LogP contribution is -2.38. The van der Waals surface area contributed by atoms with Gasteiger partial charge in [-0.2, -0.15) is 4.68 Å². The number of tetrazole rings is 1.